The summed E-state index contributed by atoms with van der Waals surface area (Å²) in [6.45, 7) is 3.47. The van der Waals surface area contributed by atoms with Gasteiger partial charge in [0.05, 0.1) is 6.61 Å². The molecule has 1 aliphatic heterocycles. The standard InChI is InChI=1S/C21H27NO2/c1-21(23,20-13-7-8-15-22-20)18-11-5-6-12-19(18)24-16-14-17-9-3-2-4-10-17/h2-6,9-12,20,22-23H,7-8,13-16H2,1H3. The lowest BCUT2D eigenvalue weighted by atomic mass is 9.83. The minimum atomic E-state index is -0.927. The molecule has 0 aliphatic carbocycles. The molecule has 0 bridgehead atoms. The van der Waals surface area contributed by atoms with Crippen LogP contribution in [0, 0.1) is 0 Å². The maximum atomic E-state index is 11.2. The lowest BCUT2D eigenvalue weighted by Gasteiger charge is -2.37. The Bertz CT molecular complexity index is 633. The monoisotopic (exact) mass is 325 g/mol. The van der Waals surface area contributed by atoms with Gasteiger partial charge < -0.3 is 15.2 Å². The van der Waals surface area contributed by atoms with Crippen LogP contribution in [-0.4, -0.2) is 24.3 Å². The van der Waals surface area contributed by atoms with Crippen LogP contribution >= 0.6 is 0 Å². The molecule has 1 heterocycles. The minimum absolute atomic E-state index is 0.0742. The second-order valence-corrected chi connectivity index (χ2v) is 6.73. The molecule has 1 aliphatic rings. The summed E-state index contributed by atoms with van der Waals surface area (Å²) in [6.07, 6.45) is 4.19. The molecule has 128 valence electrons. The van der Waals surface area contributed by atoms with E-state index in [0.717, 1.165) is 37.1 Å². The van der Waals surface area contributed by atoms with E-state index >= 15 is 0 Å². The molecule has 24 heavy (non-hydrogen) atoms. The first-order valence-electron chi connectivity index (χ1n) is 8.90. The van der Waals surface area contributed by atoms with Crippen molar-refractivity contribution < 1.29 is 9.84 Å². The highest BCUT2D eigenvalue weighted by molar-refractivity contribution is 5.39. The molecule has 2 N–H and O–H groups in total. The highest BCUT2D eigenvalue weighted by atomic mass is 16.5. The first-order valence-corrected chi connectivity index (χ1v) is 8.90. The zero-order chi connectivity index (χ0) is 16.8. The normalized spacial score (nSPS) is 20.3. The Morgan fingerprint density at radius 2 is 1.83 bits per heavy atom. The van der Waals surface area contributed by atoms with Crippen LogP contribution in [0.4, 0.5) is 0 Å². The van der Waals surface area contributed by atoms with Gasteiger partial charge in [0, 0.05) is 18.0 Å². The molecular weight excluding hydrogens is 298 g/mol. The van der Waals surface area contributed by atoms with Crippen LogP contribution in [0.25, 0.3) is 0 Å². The van der Waals surface area contributed by atoms with Gasteiger partial charge in [0.2, 0.25) is 0 Å². The molecule has 3 rings (SSSR count). The van der Waals surface area contributed by atoms with Gasteiger partial charge in [-0.1, -0.05) is 55.0 Å². The van der Waals surface area contributed by atoms with Gasteiger partial charge in [-0.15, -0.1) is 0 Å². The molecule has 2 aromatic carbocycles. The Balaban J connectivity index is 1.70. The molecule has 2 aromatic rings. The van der Waals surface area contributed by atoms with E-state index < -0.39 is 5.60 Å². The van der Waals surface area contributed by atoms with Gasteiger partial charge in [0.25, 0.3) is 0 Å². The Morgan fingerprint density at radius 3 is 2.58 bits per heavy atom. The van der Waals surface area contributed by atoms with Gasteiger partial charge in [-0.2, -0.15) is 0 Å². The lowest BCUT2D eigenvalue weighted by molar-refractivity contribution is 0.00330. The molecule has 2 atom stereocenters. The van der Waals surface area contributed by atoms with Gasteiger partial charge in [0.15, 0.2) is 0 Å². The van der Waals surface area contributed by atoms with Gasteiger partial charge >= 0.3 is 0 Å². The smallest absolute Gasteiger partial charge is 0.125 e. The topological polar surface area (TPSA) is 41.5 Å². The Hall–Kier alpha value is -1.84. The summed E-state index contributed by atoms with van der Waals surface area (Å²) in [5, 5.41) is 14.6. The number of ether oxygens (including phenoxy) is 1. The van der Waals surface area contributed by atoms with Crippen molar-refractivity contribution in [3.63, 3.8) is 0 Å². The summed E-state index contributed by atoms with van der Waals surface area (Å²) < 4.78 is 6.03. The van der Waals surface area contributed by atoms with E-state index in [2.05, 4.69) is 17.4 Å². The summed E-state index contributed by atoms with van der Waals surface area (Å²) in [6, 6.07) is 18.3. The molecule has 2 unspecified atom stereocenters. The first kappa shape index (κ1) is 17.0. The molecule has 0 aromatic heterocycles. The van der Waals surface area contributed by atoms with Gasteiger partial charge in [-0.05, 0) is 37.9 Å². The van der Waals surface area contributed by atoms with Crippen molar-refractivity contribution in [2.75, 3.05) is 13.2 Å². The lowest BCUT2D eigenvalue weighted by Crippen LogP contribution is -2.49. The average Bonchev–Trinajstić information content (AvgIpc) is 2.64. The zero-order valence-electron chi connectivity index (χ0n) is 14.4. The summed E-state index contributed by atoms with van der Waals surface area (Å²) in [5.74, 6) is 0.783. The highest BCUT2D eigenvalue weighted by Crippen LogP contribution is 2.35. The van der Waals surface area contributed by atoms with Crippen molar-refractivity contribution in [3.8, 4) is 5.75 Å². The van der Waals surface area contributed by atoms with E-state index in [9.17, 15) is 5.11 Å². The SMILES string of the molecule is CC(O)(c1ccccc1OCCc1ccccc1)C1CCCCN1. The molecule has 0 amide bonds. The summed E-state index contributed by atoms with van der Waals surface area (Å²) in [7, 11) is 0. The van der Waals surface area contributed by atoms with E-state index in [4.69, 9.17) is 4.74 Å². The molecule has 3 heteroatoms. The van der Waals surface area contributed by atoms with E-state index in [0.29, 0.717) is 6.61 Å². The van der Waals surface area contributed by atoms with E-state index in [-0.39, 0.29) is 6.04 Å². The number of aliphatic hydroxyl groups is 1. The van der Waals surface area contributed by atoms with E-state index in [1.165, 1.54) is 12.0 Å². The Morgan fingerprint density at radius 1 is 1.08 bits per heavy atom. The number of hydrogen-bond acceptors (Lipinski definition) is 3. The maximum Gasteiger partial charge on any atom is 0.125 e. The predicted molar refractivity (Wildman–Crippen MR) is 97.3 cm³/mol. The fraction of sp³-hybridized carbons (Fsp3) is 0.429. The van der Waals surface area contributed by atoms with Crippen molar-refractivity contribution in [2.24, 2.45) is 0 Å². The molecule has 0 saturated carbocycles. The van der Waals surface area contributed by atoms with Crippen LogP contribution < -0.4 is 10.1 Å². The van der Waals surface area contributed by atoms with E-state index in [1.807, 2.05) is 49.4 Å². The quantitative estimate of drug-likeness (QED) is 0.852. The number of piperidine rings is 1. The van der Waals surface area contributed by atoms with Crippen molar-refractivity contribution in [3.05, 3.63) is 65.7 Å². The molecule has 1 fully saturated rings. The fourth-order valence-electron chi connectivity index (χ4n) is 3.45. The molecule has 0 radical (unpaired) electrons. The van der Waals surface area contributed by atoms with Crippen LogP contribution in [0.3, 0.4) is 0 Å². The Kier molecular flexibility index (Phi) is 5.54. The summed E-state index contributed by atoms with van der Waals surface area (Å²) >= 11 is 0. The third kappa shape index (κ3) is 3.97. The highest BCUT2D eigenvalue weighted by Gasteiger charge is 2.36. The second-order valence-electron chi connectivity index (χ2n) is 6.73. The Labute approximate surface area is 144 Å². The van der Waals surface area contributed by atoms with Crippen LogP contribution in [0.2, 0.25) is 0 Å². The number of benzene rings is 2. The van der Waals surface area contributed by atoms with Gasteiger partial charge in [-0.3, -0.25) is 0 Å². The number of nitrogens with one attached hydrogen (secondary N) is 1. The second kappa shape index (κ2) is 7.82. The van der Waals surface area contributed by atoms with Crippen LogP contribution in [0.15, 0.2) is 54.6 Å². The third-order valence-corrected chi connectivity index (χ3v) is 4.91. The van der Waals surface area contributed by atoms with Gasteiger partial charge in [0.1, 0.15) is 11.4 Å². The predicted octanol–water partition coefficient (Wildman–Crippen LogP) is 3.66. The number of hydrogen-bond donors (Lipinski definition) is 2. The maximum absolute atomic E-state index is 11.2. The third-order valence-electron chi connectivity index (χ3n) is 4.91. The van der Waals surface area contributed by atoms with Crippen molar-refractivity contribution in [1.82, 2.24) is 5.32 Å². The van der Waals surface area contributed by atoms with Crippen molar-refractivity contribution in [2.45, 2.75) is 44.2 Å². The average molecular weight is 325 g/mol. The molecule has 1 saturated heterocycles. The van der Waals surface area contributed by atoms with Crippen molar-refractivity contribution >= 4 is 0 Å². The first-order chi connectivity index (χ1) is 11.7. The zero-order valence-corrected chi connectivity index (χ0v) is 14.4. The van der Waals surface area contributed by atoms with Crippen LogP contribution in [0.5, 0.6) is 5.75 Å². The molecule has 0 spiro atoms. The van der Waals surface area contributed by atoms with Crippen molar-refractivity contribution in [1.29, 1.82) is 0 Å². The minimum Gasteiger partial charge on any atom is -0.493 e. The largest absolute Gasteiger partial charge is 0.493 e. The summed E-state index contributed by atoms with van der Waals surface area (Å²) in [5.41, 5.74) is 1.21. The molecule has 3 nitrogen and oxygen atoms in total. The molecular formula is C21H27NO2. The summed E-state index contributed by atoms with van der Waals surface area (Å²) in [4.78, 5) is 0. The fourth-order valence-corrected chi connectivity index (χ4v) is 3.45. The van der Waals surface area contributed by atoms with Crippen LogP contribution in [0.1, 0.15) is 37.3 Å². The van der Waals surface area contributed by atoms with Crippen LogP contribution in [-0.2, 0) is 12.0 Å². The van der Waals surface area contributed by atoms with Gasteiger partial charge in [-0.25, -0.2) is 0 Å². The number of para-hydroxylation sites is 1. The van der Waals surface area contributed by atoms with E-state index in [1.54, 1.807) is 0 Å². The number of rotatable bonds is 6.